The highest BCUT2D eigenvalue weighted by Crippen LogP contribution is 2.31. The molecule has 0 amide bonds. The van der Waals surface area contributed by atoms with Gasteiger partial charge < -0.3 is 10.3 Å². The van der Waals surface area contributed by atoms with Crippen molar-refractivity contribution in [2.45, 2.75) is 6.92 Å². The van der Waals surface area contributed by atoms with E-state index in [1.807, 2.05) is 61.5 Å². The quantitative estimate of drug-likeness (QED) is 0.175. The van der Waals surface area contributed by atoms with Gasteiger partial charge in [-0.25, -0.2) is 14.4 Å². The molecule has 7 nitrogen and oxygen atoms in total. The topological polar surface area (TPSA) is 95.2 Å². The first kappa shape index (κ1) is 25.6. The zero-order chi connectivity index (χ0) is 28.3. The van der Waals surface area contributed by atoms with E-state index in [1.165, 1.54) is 6.07 Å². The number of benzene rings is 2. The number of rotatable bonds is 8. The first-order valence-corrected chi connectivity index (χ1v) is 13.0. The van der Waals surface area contributed by atoms with Crippen LogP contribution < -0.4 is 5.32 Å². The number of hydrogen-bond acceptors (Lipinski definition) is 5. The van der Waals surface area contributed by atoms with Gasteiger partial charge in [0.1, 0.15) is 22.5 Å². The highest BCUT2D eigenvalue weighted by atomic mass is 19.1. The van der Waals surface area contributed by atoms with Crippen LogP contribution in [0.4, 0.5) is 4.39 Å². The highest BCUT2D eigenvalue weighted by molar-refractivity contribution is 5.95. The normalized spacial score (nSPS) is 12.1. The second kappa shape index (κ2) is 10.9. The number of aromatic amines is 2. The van der Waals surface area contributed by atoms with E-state index < -0.39 is 0 Å². The Morgan fingerprint density at radius 2 is 1.68 bits per heavy atom. The Hall–Kier alpha value is -5.63. The molecule has 0 bridgehead atoms. The van der Waals surface area contributed by atoms with Crippen molar-refractivity contribution in [3.05, 3.63) is 133 Å². The Kier molecular flexibility index (Phi) is 6.79. The van der Waals surface area contributed by atoms with Crippen molar-refractivity contribution < 1.29 is 4.39 Å². The second-order valence-corrected chi connectivity index (χ2v) is 9.30. The summed E-state index contributed by atoms with van der Waals surface area (Å²) in [5.41, 5.74) is 8.25. The Bertz CT molecular complexity index is 1980. The summed E-state index contributed by atoms with van der Waals surface area (Å²) >= 11 is 0. The lowest BCUT2D eigenvalue weighted by Gasteiger charge is -2.12. The predicted molar refractivity (Wildman–Crippen MR) is 163 cm³/mol. The van der Waals surface area contributed by atoms with E-state index >= 15 is 0 Å². The van der Waals surface area contributed by atoms with Crippen LogP contribution in [0.15, 0.2) is 116 Å². The van der Waals surface area contributed by atoms with Gasteiger partial charge in [-0.2, -0.15) is 5.10 Å². The summed E-state index contributed by atoms with van der Waals surface area (Å²) in [6, 6.07) is 22.1. The van der Waals surface area contributed by atoms with Crippen molar-refractivity contribution in [2.24, 2.45) is 0 Å². The van der Waals surface area contributed by atoms with Gasteiger partial charge in [-0.1, -0.05) is 61.7 Å². The summed E-state index contributed by atoms with van der Waals surface area (Å²) in [6.07, 6.45) is 7.34. The number of nitrogens with one attached hydrogen (secondary N) is 3. The molecule has 200 valence electrons. The molecule has 0 aliphatic carbocycles. The molecule has 6 rings (SSSR count). The van der Waals surface area contributed by atoms with Crippen LogP contribution in [-0.2, 0) is 0 Å². The van der Waals surface area contributed by atoms with E-state index in [2.05, 4.69) is 38.6 Å². The van der Waals surface area contributed by atoms with Crippen molar-refractivity contribution in [1.82, 2.24) is 35.5 Å². The monoisotopic (exact) mass is 539 g/mol. The molecule has 0 aliphatic rings. The molecule has 4 heterocycles. The molecule has 0 saturated heterocycles. The van der Waals surface area contributed by atoms with Crippen molar-refractivity contribution in [3.63, 3.8) is 0 Å². The molecule has 41 heavy (non-hydrogen) atoms. The van der Waals surface area contributed by atoms with Gasteiger partial charge in [0.25, 0.3) is 0 Å². The van der Waals surface area contributed by atoms with Crippen molar-refractivity contribution >= 4 is 33.3 Å². The molecule has 4 aromatic heterocycles. The zero-order valence-corrected chi connectivity index (χ0v) is 22.3. The first-order valence-electron chi connectivity index (χ1n) is 13.0. The van der Waals surface area contributed by atoms with Crippen LogP contribution in [0, 0.1) is 5.82 Å². The van der Waals surface area contributed by atoms with Crippen LogP contribution in [0.1, 0.15) is 18.2 Å². The summed E-state index contributed by atoms with van der Waals surface area (Å²) in [7, 11) is 0. The third-order valence-electron chi connectivity index (χ3n) is 6.72. The summed E-state index contributed by atoms with van der Waals surface area (Å²) in [4.78, 5) is 17.4. The van der Waals surface area contributed by atoms with E-state index in [0.717, 1.165) is 39.3 Å². The number of pyridine rings is 2. The van der Waals surface area contributed by atoms with Crippen LogP contribution in [0.25, 0.3) is 56.1 Å². The van der Waals surface area contributed by atoms with Gasteiger partial charge in [0.2, 0.25) is 0 Å². The molecular weight excluding hydrogens is 513 g/mol. The molecule has 0 spiro atoms. The molecule has 0 atom stereocenters. The largest absolute Gasteiger partial charge is 0.356 e. The molecule has 2 aromatic carbocycles. The summed E-state index contributed by atoms with van der Waals surface area (Å²) < 4.78 is 14.6. The van der Waals surface area contributed by atoms with Crippen molar-refractivity contribution in [2.75, 3.05) is 0 Å². The van der Waals surface area contributed by atoms with Crippen molar-refractivity contribution in [1.29, 1.82) is 0 Å². The van der Waals surface area contributed by atoms with Crippen LogP contribution in [0.5, 0.6) is 0 Å². The van der Waals surface area contributed by atoms with E-state index in [9.17, 15) is 4.39 Å². The average Bonchev–Trinajstić information content (AvgIpc) is 3.63. The second-order valence-electron chi connectivity index (χ2n) is 9.30. The van der Waals surface area contributed by atoms with Crippen LogP contribution in [0.2, 0.25) is 0 Å². The van der Waals surface area contributed by atoms with E-state index in [1.54, 1.807) is 36.5 Å². The zero-order valence-electron chi connectivity index (χ0n) is 22.3. The Morgan fingerprint density at radius 1 is 0.902 bits per heavy atom. The minimum absolute atomic E-state index is 0.360. The van der Waals surface area contributed by atoms with Gasteiger partial charge in [0.05, 0.1) is 16.7 Å². The molecule has 0 radical (unpaired) electrons. The van der Waals surface area contributed by atoms with Gasteiger partial charge in [0, 0.05) is 23.2 Å². The smallest absolute Gasteiger partial charge is 0.161 e. The summed E-state index contributed by atoms with van der Waals surface area (Å²) in [5.74, 6) is 0.146. The third-order valence-corrected chi connectivity index (χ3v) is 6.72. The highest BCUT2D eigenvalue weighted by Gasteiger charge is 2.18. The molecule has 0 fully saturated rings. The fraction of sp³-hybridized carbons (Fsp3) is 0.0303. The standard InChI is InChI=1S/C33H26FN7/c1-4-21(19-23(5-2)36-20(3)22-11-7-6-8-12-22)26-15-16-28-31(37-26)32(41-40-28)33-38-27-17-18-35-29(30(27)39-33)24-13-9-10-14-25(24)34/h4-19,36H,2-3H2,1H3,(H,38,39)(H,40,41)/b21-4+,23-19+. The van der Waals surface area contributed by atoms with Crippen LogP contribution >= 0.6 is 0 Å². The fourth-order valence-electron chi connectivity index (χ4n) is 4.63. The fourth-order valence-corrected chi connectivity index (χ4v) is 4.63. The van der Waals surface area contributed by atoms with Crippen molar-refractivity contribution in [3.8, 4) is 22.8 Å². The molecule has 0 unspecified atom stereocenters. The average molecular weight is 540 g/mol. The lowest BCUT2D eigenvalue weighted by molar-refractivity contribution is 0.631. The van der Waals surface area contributed by atoms with Gasteiger partial charge in [-0.3, -0.25) is 10.1 Å². The molecular formula is C33H26FN7. The lowest BCUT2D eigenvalue weighted by atomic mass is 10.1. The van der Waals surface area contributed by atoms with Gasteiger partial charge in [-0.15, -0.1) is 0 Å². The predicted octanol–water partition coefficient (Wildman–Crippen LogP) is 7.44. The number of imidazole rings is 1. The number of fused-ring (bicyclic) bond motifs is 2. The number of nitrogens with zero attached hydrogens (tertiary/aromatic N) is 4. The molecule has 6 aromatic rings. The Labute approximate surface area is 235 Å². The lowest BCUT2D eigenvalue weighted by Crippen LogP contribution is -2.09. The molecule has 0 saturated carbocycles. The summed E-state index contributed by atoms with van der Waals surface area (Å²) in [5, 5.41) is 10.9. The number of H-pyrrole nitrogens is 2. The number of aromatic nitrogens is 6. The Balaban J connectivity index is 1.37. The van der Waals surface area contributed by atoms with Crippen LogP contribution in [0.3, 0.4) is 0 Å². The number of allylic oxidation sites excluding steroid dienone is 4. The van der Waals surface area contributed by atoms with Crippen LogP contribution in [-0.4, -0.2) is 30.1 Å². The van der Waals surface area contributed by atoms with Gasteiger partial charge >= 0.3 is 0 Å². The number of hydrogen-bond donors (Lipinski definition) is 3. The van der Waals surface area contributed by atoms with Gasteiger partial charge in [0.15, 0.2) is 11.5 Å². The van der Waals surface area contributed by atoms with E-state index in [0.29, 0.717) is 33.8 Å². The maximum Gasteiger partial charge on any atom is 0.161 e. The molecule has 0 aliphatic heterocycles. The van der Waals surface area contributed by atoms with E-state index in [4.69, 9.17) is 9.97 Å². The maximum absolute atomic E-state index is 14.6. The Morgan fingerprint density at radius 3 is 2.46 bits per heavy atom. The SMILES string of the molecule is C=C/C(=C\C(=C/C)c1ccc2[nH]nc(-c3nc4c(-c5ccccc5F)nccc4[nH]3)c2n1)NC(=C)c1ccccc1. The summed E-state index contributed by atoms with van der Waals surface area (Å²) in [6.45, 7) is 10.1. The third kappa shape index (κ3) is 4.94. The first-order chi connectivity index (χ1) is 20.1. The van der Waals surface area contributed by atoms with Gasteiger partial charge in [-0.05, 0) is 60.5 Å². The number of halogens is 1. The maximum atomic E-state index is 14.6. The van der Waals surface area contributed by atoms with E-state index in [-0.39, 0.29) is 5.82 Å². The molecule has 3 N–H and O–H groups in total. The minimum Gasteiger partial charge on any atom is -0.356 e. The molecule has 8 heteroatoms. The minimum atomic E-state index is -0.360.